The Bertz CT molecular complexity index is 959. The van der Waals surface area contributed by atoms with Crippen molar-refractivity contribution in [2.24, 2.45) is 0 Å². The van der Waals surface area contributed by atoms with Gasteiger partial charge >= 0.3 is 0 Å². The number of rotatable bonds is 9. The fraction of sp³-hybridized carbons (Fsp3) is 0.350. The SMILES string of the molecule is CCOc1ccc(N(CCCC(=O)Nc2ccc3c(c2)OCO3)S(C)(=O)=O)cc1. The summed E-state index contributed by atoms with van der Waals surface area (Å²) in [6.45, 7) is 2.78. The van der Waals surface area contributed by atoms with Crippen molar-refractivity contribution >= 4 is 27.3 Å². The molecule has 0 aromatic heterocycles. The van der Waals surface area contributed by atoms with Crippen molar-refractivity contribution in [2.45, 2.75) is 19.8 Å². The molecule has 0 saturated heterocycles. The standard InChI is InChI=1S/C20H24N2O6S/c1-3-26-17-9-7-16(8-10-17)22(29(2,24)25)12-4-5-20(23)21-15-6-11-18-19(13-15)28-14-27-18/h6-11,13H,3-5,12,14H2,1-2H3,(H,21,23). The molecule has 0 unspecified atom stereocenters. The van der Waals surface area contributed by atoms with E-state index < -0.39 is 10.0 Å². The lowest BCUT2D eigenvalue weighted by Gasteiger charge is -2.22. The molecule has 29 heavy (non-hydrogen) atoms. The van der Waals surface area contributed by atoms with Crippen LogP contribution >= 0.6 is 0 Å². The van der Waals surface area contributed by atoms with Crippen molar-refractivity contribution in [1.29, 1.82) is 0 Å². The summed E-state index contributed by atoms with van der Waals surface area (Å²) in [6, 6.07) is 12.0. The predicted octanol–water partition coefficient (Wildman–Crippen LogP) is 3.00. The van der Waals surface area contributed by atoms with Gasteiger partial charge in [-0.1, -0.05) is 0 Å². The van der Waals surface area contributed by atoms with E-state index in [4.69, 9.17) is 14.2 Å². The Morgan fingerprint density at radius 1 is 1.14 bits per heavy atom. The van der Waals surface area contributed by atoms with Crippen LogP contribution in [-0.4, -0.2) is 40.5 Å². The Morgan fingerprint density at radius 3 is 2.55 bits per heavy atom. The maximum absolute atomic E-state index is 12.2. The van der Waals surface area contributed by atoms with Gasteiger partial charge in [-0.25, -0.2) is 8.42 Å². The summed E-state index contributed by atoms with van der Waals surface area (Å²) in [7, 11) is -3.48. The number of sulfonamides is 1. The molecule has 0 saturated carbocycles. The fourth-order valence-corrected chi connectivity index (χ4v) is 3.91. The molecule has 2 aromatic carbocycles. The molecule has 1 aliphatic rings. The van der Waals surface area contributed by atoms with Gasteiger partial charge in [0.2, 0.25) is 22.7 Å². The summed E-state index contributed by atoms with van der Waals surface area (Å²) < 4.78 is 41.6. The summed E-state index contributed by atoms with van der Waals surface area (Å²) >= 11 is 0. The quantitative estimate of drug-likeness (QED) is 0.670. The van der Waals surface area contributed by atoms with Gasteiger partial charge in [0.15, 0.2) is 11.5 Å². The van der Waals surface area contributed by atoms with E-state index >= 15 is 0 Å². The molecule has 0 aliphatic carbocycles. The van der Waals surface area contributed by atoms with E-state index in [2.05, 4.69) is 5.32 Å². The number of fused-ring (bicyclic) bond motifs is 1. The van der Waals surface area contributed by atoms with Crippen LogP contribution in [0, 0.1) is 0 Å². The van der Waals surface area contributed by atoms with Gasteiger partial charge < -0.3 is 19.5 Å². The van der Waals surface area contributed by atoms with Crippen LogP contribution in [-0.2, 0) is 14.8 Å². The Labute approximate surface area is 170 Å². The van der Waals surface area contributed by atoms with Crippen LogP contribution in [0.5, 0.6) is 17.2 Å². The molecule has 0 fully saturated rings. The number of anilines is 2. The topological polar surface area (TPSA) is 94.2 Å². The lowest BCUT2D eigenvalue weighted by molar-refractivity contribution is -0.116. The van der Waals surface area contributed by atoms with E-state index in [0.717, 1.165) is 6.26 Å². The number of carbonyl (C=O) groups is 1. The molecule has 8 nitrogen and oxygen atoms in total. The Balaban J connectivity index is 1.56. The molecule has 9 heteroatoms. The van der Waals surface area contributed by atoms with Crippen molar-refractivity contribution < 1.29 is 27.4 Å². The average molecular weight is 420 g/mol. The molecule has 1 N–H and O–H groups in total. The number of benzene rings is 2. The van der Waals surface area contributed by atoms with Crippen LogP contribution < -0.4 is 23.8 Å². The van der Waals surface area contributed by atoms with Crippen molar-refractivity contribution in [2.75, 3.05) is 35.8 Å². The number of nitrogens with zero attached hydrogens (tertiary/aromatic N) is 1. The van der Waals surface area contributed by atoms with E-state index in [-0.39, 0.29) is 25.7 Å². The van der Waals surface area contributed by atoms with E-state index in [0.29, 0.717) is 41.7 Å². The average Bonchev–Trinajstić information content (AvgIpc) is 3.13. The van der Waals surface area contributed by atoms with Crippen LogP contribution in [0.4, 0.5) is 11.4 Å². The van der Waals surface area contributed by atoms with Crippen LogP contribution in [0.1, 0.15) is 19.8 Å². The van der Waals surface area contributed by atoms with Gasteiger partial charge in [-0.15, -0.1) is 0 Å². The zero-order chi connectivity index (χ0) is 20.9. The highest BCUT2D eigenvalue weighted by Crippen LogP contribution is 2.34. The zero-order valence-corrected chi connectivity index (χ0v) is 17.2. The minimum absolute atomic E-state index is 0.166. The number of amides is 1. The van der Waals surface area contributed by atoms with Crippen LogP contribution in [0.25, 0.3) is 0 Å². The first kappa shape index (κ1) is 20.8. The summed E-state index contributed by atoms with van der Waals surface area (Å²) in [5.41, 5.74) is 1.14. The second-order valence-corrected chi connectivity index (χ2v) is 8.39. The first-order chi connectivity index (χ1) is 13.9. The molecule has 2 aromatic rings. The monoisotopic (exact) mass is 420 g/mol. The first-order valence-corrected chi connectivity index (χ1v) is 11.1. The molecule has 0 bridgehead atoms. The second-order valence-electron chi connectivity index (χ2n) is 6.48. The smallest absolute Gasteiger partial charge is 0.232 e. The fourth-order valence-electron chi connectivity index (χ4n) is 2.94. The Kier molecular flexibility index (Phi) is 6.48. The van der Waals surface area contributed by atoms with E-state index in [1.54, 1.807) is 42.5 Å². The maximum atomic E-state index is 12.2. The predicted molar refractivity (Wildman–Crippen MR) is 110 cm³/mol. The third-order valence-corrected chi connectivity index (χ3v) is 5.45. The highest BCUT2D eigenvalue weighted by Gasteiger charge is 2.18. The second kappa shape index (κ2) is 9.04. The molecule has 1 heterocycles. The van der Waals surface area contributed by atoms with Gasteiger partial charge in [-0.2, -0.15) is 0 Å². The molecule has 3 rings (SSSR count). The number of hydrogen-bond donors (Lipinski definition) is 1. The summed E-state index contributed by atoms with van der Waals surface area (Å²) in [6.07, 6.45) is 1.70. The van der Waals surface area contributed by atoms with Crippen LogP contribution in [0.2, 0.25) is 0 Å². The zero-order valence-electron chi connectivity index (χ0n) is 16.4. The van der Waals surface area contributed by atoms with Crippen LogP contribution in [0.15, 0.2) is 42.5 Å². The molecule has 156 valence electrons. The first-order valence-electron chi connectivity index (χ1n) is 9.27. The summed E-state index contributed by atoms with van der Waals surface area (Å²) in [5.74, 6) is 1.69. The molecule has 0 atom stereocenters. The van der Waals surface area contributed by atoms with Gasteiger partial charge in [-0.3, -0.25) is 9.10 Å². The maximum Gasteiger partial charge on any atom is 0.232 e. The molecular weight excluding hydrogens is 396 g/mol. The Morgan fingerprint density at radius 2 is 1.86 bits per heavy atom. The molecule has 1 aliphatic heterocycles. The van der Waals surface area contributed by atoms with E-state index in [1.165, 1.54) is 4.31 Å². The van der Waals surface area contributed by atoms with Gasteiger partial charge in [0, 0.05) is 24.7 Å². The van der Waals surface area contributed by atoms with Gasteiger partial charge in [0.25, 0.3) is 0 Å². The van der Waals surface area contributed by atoms with Crippen molar-refractivity contribution in [1.82, 2.24) is 0 Å². The molecular formula is C20H24N2O6S. The highest BCUT2D eigenvalue weighted by atomic mass is 32.2. The lowest BCUT2D eigenvalue weighted by atomic mass is 10.2. The molecule has 0 radical (unpaired) electrons. The molecule has 1 amide bonds. The Hall–Kier alpha value is -2.94. The van der Waals surface area contributed by atoms with Gasteiger partial charge in [0.05, 0.1) is 18.6 Å². The number of ether oxygens (including phenoxy) is 3. The van der Waals surface area contributed by atoms with Crippen molar-refractivity contribution in [3.05, 3.63) is 42.5 Å². The van der Waals surface area contributed by atoms with Crippen molar-refractivity contribution in [3.63, 3.8) is 0 Å². The van der Waals surface area contributed by atoms with Crippen molar-refractivity contribution in [3.8, 4) is 17.2 Å². The minimum Gasteiger partial charge on any atom is -0.494 e. The van der Waals surface area contributed by atoms with E-state index in [1.807, 2.05) is 6.92 Å². The van der Waals surface area contributed by atoms with E-state index in [9.17, 15) is 13.2 Å². The summed E-state index contributed by atoms with van der Waals surface area (Å²) in [4.78, 5) is 12.2. The third-order valence-electron chi connectivity index (χ3n) is 4.26. The lowest BCUT2D eigenvalue weighted by Crippen LogP contribution is -2.31. The largest absolute Gasteiger partial charge is 0.494 e. The number of hydrogen-bond acceptors (Lipinski definition) is 6. The minimum atomic E-state index is -3.48. The van der Waals surface area contributed by atoms with Crippen LogP contribution in [0.3, 0.4) is 0 Å². The van der Waals surface area contributed by atoms with Gasteiger partial charge in [-0.05, 0) is 49.7 Å². The normalized spacial score (nSPS) is 12.5. The number of carbonyl (C=O) groups excluding carboxylic acids is 1. The third kappa shape index (κ3) is 5.54. The number of nitrogens with one attached hydrogen (secondary N) is 1. The van der Waals surface area contributed by atoms with Gasteiger partial charge in [0.1, 0.15) is 5.75 Å². The highest BCUT2D eigenvalue weighted by molar-refractivity contribution is 7.92. The molecule has 0 spiro atoms. The summed E-state index contributed by atoms with van der Waals surface area (Å²) in [5, 5.41) is 2.79.